The molecule has 2 heterocycles. The zero-order chi connectivity index (χ0) is 16.4. The molecule has 2 amide bonds. The molecule has 7 heteroatoms. The van der Waals surface area contributed by atoms with E-state index in [1.165, 1.54) is 0 Å². The number of hydrogen-bond acceptors (Lipinski definition) is 5. The number of nitrogens with one attached hydrogen (secondary N) is 1. The summed E-state index contributed by atoms with van der Waals surface area (Å²) in [5.74, 6) is 1.66. The van der Waals surface area contributed by atoms with Crippen molar-refractivity contribution in [2.45, 2.75) is 31.4 Å². The van der Waals surface area contributed by atoms with Crippen LogP contribution in [0.2, 0.25) is 0 Å². The lowest BCUT2D eigenvalue weighted by atomic mass is 10.1. The number of ether oxygens (including phenoxy) is 1. The van der Waals surface area contributed by atoms with Crippen molar-refractivity contribution in [3.05, 3.63) is 47.6 Å². The minimum Gasteiger partial charge on any atom is -0.370 e. The monoisotopic (exact) mass is 328 g/mol. The van der Waals surface area contributed by atoms with Crippen LogP contribution in [0.25, 0.3) is 0 Å². The van der Waals surface area contributed by atoms with E-state index in [9.17, 15) is 4.79 Å². The fourth-order valence-electron chi connectivity index (χ4n) is 2.81. The van der Waals surface area contributed by atoms with Crippen molar-refractivity contribution in [1.29, 1.82) is 0 Å². The van der Waals surface area contributed by atoms with E-state index >= 15 is 0 Å². The zero-order valence-corrected chi connectivity index (χ0v) is 13.4. The smallest absolute Gasteiger partial charge is 0.318 e. The molecule has 2 aliphatic rings. The zero-order valence-electron chi connectivity index (χ0n) is 13.4. The van der Waals surface area contributed by atoms with E-state index < -0.39 is 0 Å². The molecule has 1 saturated carbocycles. The van der Waals surface area contributed by atoms with Gasteiger partial charge in [-0.2, -0.15) is 4.98 Å². The Bertz CT molecular complexity index is 699. The van der Waals surface area contributed by atoms with Gasteiger partial charge in [-0.25, -0.2) is 4.79 Å². The number of morpholine rings is 1. The lowest BCUT2D eigenvalue weighted by Gasteiger charge is -2.33. The predicted octanol–water partition coefficient (Wildman–Crippen LogP) is 2.23. The lowest BCUT2D eigenvalue weighted by molar-refractivity contribution is -0.0155. The van der Waals surface area contributed by atoms with E-state index in [2.05, 4.69) is 15.5 Å². The van der Waals surface area contributed by atoms with E-state index in [1.54, 1.807) is 4.90 Å². The number of amides is 2. The van der Waals surface area contributed by atoms with Crippen molar-refractivity contribution < 1.29 is 14.1 Å². The van der Waals surface area contributed by atoms with Gasteiger partial charge in [-0.3, -0.25) is 0 Å². The fourth-order valence-corrected chi connectivity index (χ4v) is 2.81. The van der Waals surface area contributed by atoms with Gasteiger partial charge in [0.1, 0.15) is 6.10 Å². The summed E-state index contributed by atoms with van der Waals surface area (Å²) >= 11 is 0. The number of urea groups is 1. The first-order valence-corrected chi connectivity index (χ1v) is 8.31. The Balaban J connectivity index is 1.31. The highest BCUT2D eigenvalue weighted by Crippen LogP contribution is 2.38. The average Bonchev–Trinajstić information content (AvgIpc) is 3.39. The Morgan fingerprint density at radius 1 is 1.29 bits per heavy atom. The number of benzene rings is 1. The van der Waals surface area contributed by atoms with Crippen LogP contribution >= 0.6 is 0 Å². The van der Waals surface area contributed by atoms with E-state index in [0.717, 1.165) is 24.2 Å². The fraction of sp³-hybridized carbons (Fsp3) is 0.471. The highest BCUT2D eigenvalue weighted by Gasteiger charge is 2.29. The maximum absolute atomic E-state index is 12.4. The first-order chi connectivity index (χ1) is 11.8. The summed E-state index contributed by atoms with van der Waals surface area (Å²) in [4.78, 5) is 18.5. The van der Waals surface area contributed by atoms with Gasteiger partial charge in [-0.15, -0.1) is 0 Å². The van der Waals surface area contributed by atoms with Gasteiger partial charge >= 0.3 is 6.03 Å². The molecule has 1 aliphatic heterocycles. The SMILES string of the molecule is O=C(NCc1nc(C2CC2)no1)N1CCO[C@@H](c2ccccc2)C1. The van der Waals surface area contributed by atoms with Crippen molar-refractivity contribution in [3.63, 3.8) is 0 Å². The van der Waals surface area contributed by atoms with Gasteiger partial charge in [0.2, 0.25) is 5.89 Å². The van der Waals surface area contributed by atoms with Crippen LogP contribution < -0.4 is 5.32 Å². The molecule has 1 aromatic heterocycles. The van der Waals surface area contributed by atoms with Crippen LogP contribution in [0, 0.1) is 0 Å². The Morgan fingerprint density at radius 2 is 2.12 bits per heavy atom. The van der Waals surface area contributed by atoms with Crippen molar-refractivity contribution in [2.24, 2.45) is 0 Å². The highest BCUT2D eigenvalue weighted by molar-refractivity contribution is 5.74. The number of rotatable bonds is 4. The van der Waals surface area contributed by atoms with Gasteiger partial charge in [-0.05, 0) is 18.4 Å². The molecule has 24 heavy (non-hydrogen) atoms. The number of carbonyl (C=O) groups is 1. The Morgan fingerprint density at radius 3 is 2.92 bits per heavy atom. The molecule has 126 valence electrons. The molecule has 0 bridgehead atoms. The molecule has 0 spiro atoms. The average molecular weight is 328 g/mol. The van der Waals surface area contributed by atoms with E-state index in [-0.39, 0.29) is 18.7 Å². The first kappa shape index (κ1) is 15.1. The molecule has 1 aromatic carbocycles. The van der Waals surface area contributed by atoms with Crippen LogP contribution in [0.15, 0.2) is 34.9 Å². The van der Waals surface area contributed by atoms with Crippen LogP contribution in [-0.4, -0.2) is 40.8 Å². The van der Waals surface area contributed by atoms with Crippen molar-refractivity contribution in [1.82, 2.24) is 20.4 Å². The summed E-state index contributed by atoms with van der Waals surface area (Å²) in [6.07, 6.45) is 2.16. The predicted molar refractivity (Wildman–Crippen MR) is 85.2 cm³/mol. The molecule has 2 aromatic rings. The van der Waals surface area contributed by atoms with Crippen molar-refractivity contribution >= 4 is 6.03 Å². The minimum absolute atomic E-state index is 0.0874. The van der Waals surface area contributed by atoms with Gasteiger partial charge in [0.05, 0.1) is 19.7 Å². The second-order valence-corrected chi connectivity index (χ2v) is 6.20. The van der Waals surface area contributed by atoms with Crippen LogP contribution in [0.4, 0.5) is 4.79 Å². The van der Waals surface area contributed by atoms with E-state index in [0.29, 0.717) is 31.5 Å². The molecule has 1 N–H and O–H groups in total. The van der Waals surface area contributed by atoms with Gasteiger partial charge in [0.15, 0.2) is 5.82 Å². The molecular weight excluding hydrogens is 308 g/mol. The third-order valence-electron chi connectivity index (χ3n) is 4.34. The molecule has 1 aliphatic carbocycles. The third kappa shape index (κ3) is 3.41. The maximum atomic E-state index is 12.4. The van der Waals surface area contributed by atoms with Crippen molar-refractivity contribution in [3.8, 4) is 0 Å². The number of aromatic nitrogens is 2. The molecule has 2 fully saturated rings. The molecule has 4 rings (SSSR count). The summed E-state index contributed by atoms with van der Waals surface area (Å²) in [5, 5.41) is 6.80. The standard InChI is InChI=1S/C17H20N4O3/c22-17(18-10-15-19-16(20-24-15)13-6-7-13)21-8-9-23-14(11-21)12-4-2-1-3-5-12/h1-5,13-14H,6-11H2,(H,18,22)/t14-/m1/s1. The molecule has 1 atom stereocenters. The largest absolute Gasteiger partial charge is 0.370 e. The van der Waals surface area contributed by atoms with Crippen LogP contribution in [0.3, 0.4) is 0 Å². The topological polar surface area (TPSA) is 80.5 Å². The lowest BCUT2D eigenvalue weighted by Crippen LogP contribution is -2.47. The summed E-state index contributed by atoms with van der Waals surface area (Å²) in [6, 6.07) is 9.82. The summed E-state index contributed by atoms with van der Waals surface area (Å²) in [5.41, 5.74) is 1.08. The van der Waals surface area contributed by atoms with Crippen LogP contribution in [-0.2, 0) is 11.3 Å². The molecule has 0 radical (unpaired) electrons. The van der Waals surface area contributed by atoms with Gasteiger partial charge < -0.3 is 19.5 Å². The Labute approximate surface area is 140 Å². The normalized spacial score (nSPS) is 20.8. The number of carbonyl (C=O) groups excluding carboxylic acids is 1. The quantitative estimate of drug-likeness (QED) is 0.931. The first-order valence-electron chi connectivity index (χ1n) is 8.31. The molecule has 7 nitrogen and oxygen atoms in total. The molecule has 0 unspecified atom stereocenters. The third-order valence-corrected chi connectivity index (χ3v) is 4.34. The van der Waals surface area contributed by atoms with Crippen LogP contribution in [0.1, 0.15) is 42.1 Å². The van der Waals surface area contributed by atoms with Gasteiger partial charge in [0.25, 0.3) is 0 Å². The molecular formula is C17H20N4O3. The number of nitrogens with zero attached hydrogens (tertiary/aromatic N) is 3. The Hall–Kier alpha value is -2.41. The molecule has 1 saturated heterocycles. The van der Waals surface area contributed by atoms with Crippen LogP contribution in [0.5, 0.6) is 0 Å². The minimum atomic E-state index is -0.134. The van der Waals surface area contributed by atoms with E-state index in [4.69, 9.17) is 9.26 Å². The van der Waals surface area contributed by atoms with Gasteiger partial charge in [0, 0.05) is 12.5 Å². The second-order valence-electron chi connectivity index (χ2n) is 6.20. The summed E-state index contributed by atoms with van der Waals surface area (Å²) in [7, 11) is 0. The number of hydrogen-bond donors (Lipinski definition) is 1. The van der Waals surface area contributed by atoms with Crippen molar-refractivity contribution in [2.75, 3.05) is 19.7 Å². The van der Waals surface area contributed by atoms with E-state index in [1.807, 2.05) is 30.3 Å². The maximum Gasteiger partial charge on any atom is 0.318 e. The summed E-state index contributed by atoms with van der Waals surface area (Å²) in [6.45, 7) is 1.89. The Kier molecular flexibility index (Phi) is 4.17. The van der Waals surface area contributed by atoms with Gasteiger partial charge in [-0.1, -0.05) is 35.5 Å². The second kappa shape index (κ2) is 6.60. The summed E-state index contributed by atoms with van der Waals surface area (Å²) < 4.78 is 11.0. The highest BCUT2D eigenvalue weighted by atomic mass is 16.5.